The topological polar surface area (TPSA) is 29.5 Å². The number of aliphatic hydroxyl groups is 1. The van der Waals surface area contributed by atoms with Crippen LogP contribution in [0.2, 0.25) is 0 Å². The highest BCUT2D eigenvalue weighted by molar-refractivity contribution is 5.13. The quantitative estimate of drug-likeness (QED) is 0.888. The first-order valence-electron chi connectivity index (χ1n) is 5.35. The summed E-state index contributed by atoms with van der Waals surface area (Å²) in [5.41, 5.74) is -1.64. The van der Waals surface area contributed by atoms with Crippen molar-refractivity contribution in [1.29, 1.82) is 0 Å². The minimum Gasteiger partial charge on any atom is -0.380 e. The molecule has 0 radical (unpaired) electrons. The monoisotopic (exact) mass is 246 g/mol. The molecule has 1 fully saturated rings. The Morgan fingerprint density at radius 1 is 1.24 bits per heavy atom. The SMILES string of the molecule is OC1(C(F)(F)F)CC(OCc2ccccc2)C1. The van der Waals surface area contributed by atoms with E-state index in [0.717, 1.165) is 5.56 Å². The molecule has 17 heavy (non-hydrogen) atoms. The molecule has 0 amide bonds. The lowest BCUT2D eigenvalue weighted by Gasteiger charge is -2.43. The molecular formula is C12H13F3O2. The minimum absolute atomic E-state index is 0.277. The van der Waals surface area contributed by atoms with Crippen molar-refractivity contribution in [3.05, 3.63) is 35.9 Å². The van der Waals surface area contributed by atoms with Gasteiger partial charge < -0.3 is 9.84 Å². The molecule has 0 heterocycles. The lowest BCUT2D eigenvalue weighted by atomic mass is 9.77. The molecule has 0 saturated heterocycles. The molecule has 94 valence electrons. The van der Waals surface area contributed by atoms with Crippen LogP contribution in [-0.2, 0) is 11.3 Å². The first-order chi connectivity index (χ1) is 7.91. The van der Waals surface area contributed by atoms with E-state index < -0.39 is 17.9 Å². The van der Waals surface area contributed by atoms with Crippen molar-refractivity contribution in [3.63, 3.8) is 0 Å². The zero-order chi connectivity index (χ0) is 12.5. The lowest BCUT2D eigenvalue weighted by molar-refractivity contribution is -0.311. The molecule has 1 aliphatic rings. The van der Waals surface area contributed by atoms with Crippen LogP contribution in [0.3, 0.4) is 0 Å². The zero-order valence-electron chi connectivity index (χ0n) is 9.07. The van der Waals surface area contributed by atoms with E-state index in [4.69, 9.17) is 4.74 Å². The highest BCUT2D eigenvalue weighted by Crippen LogP contribution is 2.46. The smallest absolute Gasteiger partial charge is 0.380 e. The van der Waals surface area contributed by atoms with Gasteiger partial charge in [0, 0.05) is 12.8 Å². The van der Waals surface area contributed by atoms with E-state index in [1.165, 1.54) is 0 Å². The van der Waals surface area contributed by atoms with Gasteiger partial charge in [-0.15, -0.1) is 0 Å². The first kappa shape index (κ1) is 12.4. The van der Waals surface area contributed by atoms with Crippen LogP contribution in [0.1, 0.15) is 18.4 Å². The second kappa shape index (κ2) is 4.31. The zero-order valence-corrected chi connectivity index (χ0v) is 9.07. The highest BCUT2D eigenvalue weighted by Gasteiger charge is 2.61. The minimum atomic E-state index is -4.56. The summed E-state index contributed by atoms with van der Waals surface area (Å²) in [7, 11) is 0. The number of ether oxygens (including phenoxy) is 1. The molecule has 0 aliphatic heterocycles. The van der Waals surface area contributed by atoms with Gasteiger partial charge in [-0.2, -0.15) is 13.2 Å². The summed E-state index contributed by atoms with van der Waals surface area (Å²) in [5.74, 6) is 0. The van der Waals surface area contributed by atoms with Gasteiger partial charge in [0.2, 0.25) is 0 Å². The fourth-order valence-electron chi connectivity index (χ4n) is 1.83. The average Bonchev–Trinajstić information content (AvgIpc) is 2.22. The number of halogens is 3. The average molecular weight is 246 g/mol. The van der Waals surface area contributed by atoms with Gasteiger partial charge in [-0.3, -0.25) is 0 Å². The maximum Gasteiger partial charge on any atom is 0.417 e. The lowest BCUT2D eigenvalue weighted by Crippen LogP contribution is -2.58. The third-order valence-corrected chi connectivity index (χ3v) is 2.99. The Morgan fingerprint density at radius 3 is 2.35 bits per heavy atom. The summed E-state index contributed by atoms with van der Waals surface area (Å²) in [6.45, 7) is 0.277. The number of benzene rings is 1. The predicted molar refractivity (Wildman–Crippen MR) is 55.3 cm³/mol. The molecule has 1 aromatic carbocycles. The fraction of sp³-hybridized carbons (Fsp3) is 0.500. The Bertz CT molecular complexity index is 369. The summed E-state index contributed by atoms with van der Waals surface area (Å²) in [4.78, 5) is 0. The van der Waals surface area contributed by atoms with Crippen LogP contribution in [0.15, 0.2) is 30.3 Å². The fourth-order valence-corrected chi connectivity index (χ4v) is 1.83. The van der Waals surface area contributed by atoms with E-state index in [2.05, 4.69) is 0 Å². The Morgan fingerprint density at radius 2 is 1.82 bits per heavy atom. The van der Waals surface area contributed by atoms with Crippen molar-refractivity contribution in [2.24, 2.45) is 0 Å². The summed E-state index contributed by atoms with van der Waals surface area (Å²) in [5, 5.41) is 9.21. The van der Waals surface area contributed by atoms with Gasteiger partial charge in [-0.1, -0.05) is 30.3 Å². The standard InChI is InChI=1S/C12H13F3O2/c13-12(14,15)11(16)6-10(7-11)17-8-9-4-2-1-3-5-9/h1-5,10,16H,6-8H2. The maximum absolute atomic E-state index is 12.3. The van der Waals surface area contributed by atoms with Crippen LogP contribution in [0.4, 0.5) is 13.2 Å². The summed E-state index contributed by atoms with van der Waals surface area (Å²) >= 11 is 0. The highest BCUT2D eigenvalue weighted by atomic mass is 19.4. The number of alkyl halides is 3. The van der Waals surface area contributed by atoms with Gasteiger partial charge in [-0.05, 0) is 5.56 Å². The van der Waals surface area contributed by atoms with E-state index in [-0.39, 0.29) is 19.4 Å². The normalized spacial score (nSPS) is 28.8. The third-order valence-electron chi connectivity index (χ3n) is 2.99. The second-order valence-corrected chi connectivity index (χ2v) is 4.36. The maximum atomic E-state index is 12.3. The van der Waals surface area contributed by atoms with Gasteiger partial charge in [0.1, 0.15) is 0 Å². The van der Waals surface area contributed by atoms with E-state index in [9.17, 15) is 18.3 Å². The van der Waals surface area contributed by atoms with E-state index in [0.29, 0.717) is 0 Å². The molecule has 1 aromatic rings. The van der Waals surface area contributed by atoms with Crippen molar-refractivity contribution < 1.29 is 23.0 Å². The van der Waals surface area contributed by atoms with Crippen molar-refractivity contribution >= 4 is 0 Å². The van der Waals surface area contributed by atoms with Gasteiger partial charge in [-0.25, -0.2) is 0 Å². The largest absolute Gasteiger partial charge is 0.417 e. The summed E-state index contributed by atoms with van der Waals surface area (Å²) in [6.07, 6.45) is -5.81. The molecule has 1 saturated carbocycles. The Kier molecular flexibility index (Phi) is 3.14. The molecule has 0 spiro atoms. The van der Waals surface area contributed by atoms with Crippen LogP contribution in [-0.4, -0.2) is 23.0 Å². The van der Waals surface area contributed by atoms with E-state index in [1.807, 2.05) is 30.3 Å². The van der Waals surface area contributed by atoms with Crippen LogP contribution in [0.5, 0.6) is 0 Å². The Labute approximate surface area is 97.0 Å². The second-order valence-electron chi connectivity index (χ2n) is 4.36. The van der Waals surface area contributed by atoms with Crippen molar-refractivity contribution in [2.75, 3.05) is 0 Å². The van der Waals surface area contributed by atoms with Crippen LogP contribution in [0.25, 0.3) is 0 Å². The summed E-state index contributed by atoms with van der Waals surface area (Å²) < 4.78 is 42.2. The Balaban J connectivity index is 1.79. The van der Waals surface area contributed by atoms with Gasteiger partial charge >= 0.3 is 6.18 Å². The number of rotatable bonds is 3. The third kappa shape index (κ3) is 2.61. The molecular weight excluding hydrogens is 233 g/mol. The molecule has 5 heteroatoms. The van der Waals surface area contributed by atoms with Crippen LogP contribution >= 0.6 is 0 Å². The van der Waals surface area contributed by atoms with Crippen molar-refractivity contribution in [2.45, 2.75) is 37.3 Å². The van der Waals surface area contributed by atoms with Gasteiger partial charge in [0.15, 0.2) is 5.60 Å². The molecule has 2 nitrogen and oxygen atoms in total. The summed E-state index contributed by atoms with van der Waals surface area (Å²) in [6, 6.07) is 9.22. The molecule has 0 atom stereocenters. The van der Waals surface area contributed by atoms with E-state index >= 15 is 0 Å². The molecule has 2 rings (SSSR count). The molecule has 0 bridgehead atoms. The van der Waals surface area contributed by atoms with Gasteiger partial charge in [0.25, 0.3) is 0 Å². The van der Waals surface area contributed by atoms with Crippen LogP contribution < -0.4 is 0 Å². The molecule has 0 aromatic heterocycles. The van der Waals surface area contributed by atoms with Crippen molar-refractivity contribution in [3.8, 4) is 0 Å². The molecule has 0 unspecified atom stereocenters. The van der Waals surface area contributed by atoms with E-state index in [1.54, 1.807) is 0 Å². The number of hydrogen-bond donors (Lipinski definition) is 1. The first-order valence-corrected chi connectivity index (χ1v) is 5.35. The molecule has 1 aliphatic carbocycles. The molecule has 1 N–H and O–H groups in total. The van der Waals surface area contributed by atoms with Crippen LogP contribution in [0, 0.1) is 0 Å². The Hall–Kier alpha value is -1.07. The predicted octanol–water partition coefficient (Wildman–Crippen LogP) is 2.66. The number of hydrogen-bond acceptors (Lipinski definition) is 2. The van der Waals surface area contributed by atoms with Crippen molar-refractivity contribution in [1.82, 2.24) is 0 Å². The van der Waals surface area contributed by atoms with Gasteiger partial charge in [0.05, 0.1) is 12.7 Å².